The number of rotatable bonds is 10. The molecule has 0 radical (unpaired) electrons. The maximum Gasteiger partial charge on any atom is 0.400 e. The van der Waals surface area contributed by atoms with Crippen LogP contribution in [0.1, 0.15) is 89.5 Å². The number of nitriles is 1. The highest BCUT2D eigenvalue weighted by molar-refractivity contribution is 5.67. The van der Waals surface area contributed by atoms with Gasteiger partial charge in [0, 0.05) is 24.0 Å². The van der Waals surface area contributed by atoms with Crippen LogP contribution in [0.15, 0.2) is 24.3 Å². The summed E-state index contributed by atoms with van der Waals surface area (Å²) in [6.07, 6.45) is 7.19. The van der Waals surface area contributed by atoms with Gasteiger partial charge in [0.25, 0.3) is 0 Å². The summed E-state index contributed by atoms with van der Waals surface area (Å²) in [4.78, 5) is 0. The van der Waals surface area contributed by atoms with Gasteiger partial charge in [0.05, 0.1) is 24.7 Å². The highest BCUT2D eigenvalue weighted by atomic mass is 19.3. The Labute approximate surface area is 261 Å². The average molecular weight is 638 g/mol. The Balaban J connectivity index is 1.10. The molecule has 0 atom stereocenters. The minimum absolute atomic E-state index is 0.0188. The first-order valence-electron chi connectivity index (χ1n) is 16.3. The summed E-state index contributed by atoms with van der Waals surface area (Å²) in [6, 6.07) is 3.66. The van der Waals surface area contributed by atoms with Gasteiger partial charge in [0.2, 0.25) is 0 Å². The highest BCUT2D eigenvalue weighted by Gasteiger charge is 2.46. The van der Waals surface area contributed by atoms with E-state index in [9.17, 15) is 17.6 Å². The lowest BCUT2D eigenvalue weighted by atomic mass is 9.74. The lowest BCUT2D eigenvalue weighted by Gasteiger charge is -2.41. The first-order chi connectivity index (χ1) is 21.6. The lowest BCUT2D eigenvalue weighted by molar-refractivity contribution is -0.251. The van der Waals surface area contributed by atoms with Crippen molar-refractivity contribution in [3.63, 3.8) is 0 Å². The van der Waals surface area contributed by atoms with Gasteiger partial charge in [0.1, 0.15) is 40.7 Å². The van der Waals surface area contributed by atoms with Crippen molar-refractivity contribution < 1.29 is 40.6 Å². The number of hydrogen-bond acceptors (Lipinski definition) is 4. The van der Waals surface area contributed by atoms with Gasteiger partial charge in [0.15, 0.2) is 6.29 Å². The Morgan fingerprint density at radius 2 is 1.36 bits per heavy atom. The second-order valence-electron chi connectivity index (χ2n) is 13.0. The molecule has 2 aliphatic carbocycles. The van der Waals surface area contributed by atoms with Gasteiger partial charge in [-0.25, -0.2) is 17.6 Å². The second kappa shape index (κ2) is 14.8. The summed E-state index contributed by atoms with van der Waals surface area (Å²) in [7, 11) is 0. The van der Waals surface area contributed by atoms with Crippen molar-refractivity contribution in [2.24, 2.45) is 29.6 Å². The number of alkyl halides is 2. The molecule has 0 aromatic heterocycles. The molecule has 0 bridgehead atoms. The fraction of sp³-hybridized carbons (Fsp3) is 0.629. The SMILES string of the molecule is CCCCCC1CCC(C2COC(C3CCC(C(F)(F)Oc4cc(F)c(-c5cc(F)c(C#N)c(F)c5)c(F)c4)CC3)OC2)CC1. The molecule has 1 saturated heterocycles. The summed E-state index contributed by atoms with van der Waals surface area (Å²) in [5.74, 6) is -5.39. The van der Waals surface area contributed by atoms with Gasteiger partial charge in [-0.3, -0.25) is 0 Å². The van der Waals surface area contributed by atoms with E-state index in [1.165, 1.54) is 57.4 Å². The molecule has 45 heavy (non-hydrogen) atoms. The number of nitrogens with zero attached hydrogens (tertiary/aromatic N) is 1. The summed E-state index contributed by atoms with van der Waals surface area (Å²) in [5.41, 5.74) is -2.23. The van der Waals surface area contributed by atoms with Crippen molar-refractivity contribution in [1.29, 1.82) is 5.26 Å². The molecule has 3 aliphatic rings. The Hall–Kier alpha value is -2.77. The largest absolute Gasteiger partial charge is 0.432 e. The maximum absolute atomic E-state index is 15.2. The molecular weight excluding hydrogens is 596 g/mol. The van der Waals surface area contributed by atoms with Crippen molar-refractivity contribution in [1.82, 2.24) is 0 Å². The van der Waals surface area contributed by atoms with Gasteiger partial charge < -0.3 is 14.2 Å². The normalized spacial score (nSPS) is 27.6. The Morgan fingerprint density at radius 3 is 1.91 bits per heavy atom. The molecule has 4 nitrogen and oxygen atoms in total. The molecule has 10 heteroatoms. The molecule has 1 aliphatic heterocycles. The standard InChI is InChI=1S/C35H41F6NO3/c1-2-3-4-5-21-6-8-22(9-7-21)25-19-43-34(44-20-25)23-10-12-26(13-11-23)35(40,41)45-27-16-31(38)33(32(39)17-27)24-14-29(36)28(18-42)30(37)15-24/h14-17,21-23,25-26,34H,2-13,19-20H2,1H3. The molecule has 2 aromatic carbocycles. The number of ether oxygens (including phenoxy) is 3. The van der Waals surface area contributed by atoms with Crippen LogP contribution in [-0.4, -0.2) is 25.6 Å². The third kappa shape index (κ3) is 7.97. The van der Waals surface area contributed by atoms with E-state index in [2.05, 4.69) is 6.92 Å². The van der Waals surface area contributed by atoms with Gasteiger partial charge in [-0.1, -0.05) is 45.4 Å². The number of halogens is 6. The van der Waals surface area contributed by atoms with Crippen molar-refractivity contribution in [2.45, 2.75) is 96.4 Å². The van der Waals surface area contributed by atoms with Crippen molar-refractivity contribution in [2.75, 3.05) is 13.2 Å². The van der Waals surface area contributed by atoms with Crippen molar-refractivity contribution in [3.05, 3.63) is 53.1 Å². The van der Waals surface area contributed by atoms with Crippen molar-refractivity contribution >= 4 is 0 Å². The van der Waals surface area contributed by atoms with Crippen molar-refractivity contribution in [3.8, 4) is 22.9 Å². The second-order valence-corrected chi connectivity index (χ2v) is 13.0. The van der Waals surface area contributed by atoms with E-state index in [0.29, 0.717) is 62.2 Å². The highest BCUT2D eigenvalue weighted by Crippen LogP contribution is 2.44. The van der Waals surface area contributed by atoms with E-state index in [1.807, 2.05) is 0 Å². The van der Waals surface area contributed by atoms with Crippen LogP contribution >= 0.6 is 0 Å². The molecule has 0 unspecified atom stereocenters. The van der Waals surface area contributed by atoms with Crippen LogP contribution < -0.4 is 4.74 Å². The van der Waals surface area contributed by atoms with E-state index in [1.54, 1.807) is 0 Å². The van der Waals surface area contributed by atoms with Crippen LogP contribution in [0.3, 0.4) is 0 Å². The molecule has 0 amide bonds. The fourth-order valence-electron chi connectivity index (χ4n) is 7.39. The predicted molar refractivity (Wildman–Crippen MR) is 156 cm³/mol. The zero-order valence-electron chi connectivity index (χ0n) is 25.6. The maximum atomic E-state index is 15.2. The number of unbranched alkanes of at least 4 members (excludes halogenated alkanes) is 2. The van der Waals surface area contributed by atoms with Gasteiger partial charge in [-0.15, -0.1) is 0 Å². The number of hydrogen-bond donors (Lipinski definition) is 0. The number of benzene rings is 2. The third-order valence-electron chi connectivity index (χ3n) is 10.1. The van der Waals surface area contributed by atoms with E-state index < -0.39 is 64.0 Å². The zero-order valence-corrected chi connectivity index (χ0v) is 25.6. The average Bonchev–Trinajstić information content (AvgIpc) is 3.01. The minimum Gasteiger partial charge on any atom is -0.432 e. The van der Waals surface area contributed by atoms with Crippen LogP contribution in [-0.2, 0) is 9.47 Å². The van der Waals surface area contributed by atoms with Crippen LogP contribution in [0, 0.1) is 64.2 Å². The molecule has 0 spiro atoms. The molecular formula is C35H41F6NO3. The van der Waals surface area contributed by atoms with Gasteiger partial charge in [-0.2, -0.15) is 14.0 Å². The Kier molecular flexibility index (Phi) is 11.0. The third-order valence-corrected chi connectivity index (χ3v) is 10.1. The van der Waals surface area contributed by atoms with Crippen LogP contribution in [0.2, 0.25) is 0 Å². The van der Waals surface area contributed by atoms with Gasteiger partial charge >= 0.3 is 6.11 Å². The lowest BCUT2D eigenvalue weighted by Crippen LogP contribution is -2.43. The molecule has 0 N–H and O–H groups in total. The first-order valence-corrected chi connectivity index (χ1v) is 16.3. The topological polar surface area (TPSA) is 51.5 Å². The first kappa shape index (κ1) is 33.6. The molecule has 3 fully saturated rings. The predicted octanol–water partition coefficient (Wildman–Crippen LogP) is 9.94. The molecule has 2 saturated carbocycles. The Morgan fingerprint density at radius 1 is 0.778 bits per heavy atom. The van der Waals surface area contributed by atoms with Crippen LogP contribution in [0.4, 0.5) is 26.3 Å². The van der Waals surface area contributed by atoms with E-state index in [4.69, 9.17) is 19.5 Å². The monoisotopic (exact) mass is 637 g/mol. The quantitative estimate of drug-likeness (QED) is 0.192. The van der Waals surface area contributed by atoms with Crippen LogP contribution in [0.5, 0.6) is 5.75 Å². The summed E-state index contributed by atoms with van der Waals surface area (Å²) >= 11 is 0. The van der Waals surface area contributed by atoms with E-state index >= 15 is 8.78 Å². The zero-order chi connectivity index (χ0) is 32.1. The minimum atomic E-state index is -3.70. The molecule has 5 rings (SSSR count). The molecule has 1 heterocycles. The van der Waals surface area contributed by atoms with E-state index in [0.717, 1.165) is 5.92 Å². The molecule has 2 aromatic rings. The summed E-state index contributed by atoms with van der Waals surface area (Å²) < 4.78 is 105. The summed E-state index contributed by atoms with van der Waals surface area (Å²) in [6.45, 7) is 3.49. The smallest absolute Gasteiger partial charge is 0.400 e. The van der Waals surface area contributed by atoms with E-state index in [-0.39, 0.29) is 18.8 Å². The fourth-order valence-corrected chi connectivity index (χ4v) is 7.39. The van der Waals surface area contributed by atoms with Gasteiger partial charge in [-0.05, 0) is 68.1 Å². The van der Waals surface area contributed by atoms with Crippen LogP contribution in [0.25, 0.3) is 11.1 Å². The summed E-state index contributed by atoms with van der Waals surface area (Å²) in [5, 5.41) is 8.81. The Bertz CT molecular complexity index is 1290. The molecule has 246 valence electrons.